The molecule has 1 aromatic rings. The Balaban J connectivity index is 1.93. The Kier molecular flexibility index (Phi) is 2.82. The van der Waals surface area contributed by atoms with Crippen molar-refractivity contribution in [1.82, 2.24) is 0 Å². The summed E-state index contributed by atoms with van der Waals surface area (Å²) in [6.45, 7) is 0. The van der Waals surface area contributed by atoms with Crippen LogP contribution in [-0.2, 0) is 11.2 Å². The summed E-state index contributed by atoms with van der Waals surface area (Å²) >= 11 is 0. The summed E-state index contributed by atoms with van der Waals surface area (Å²) in [6.07, 6.45) is 3.39. The van der Waals surface area contributed by atoms with E-state index in [9.17, 15) is 14.3 Å². The zero-order valence-corrected chi connectivity index (χ0v) is 10.1. The van der Waals surface area contributed by atoms with E-state index in [2.05, 4.69) is 5.32 Å². The second-order valence-electron chi connectivity index (χ2n) is 5.21. The molecule has 96 valence electrons. The topological polar surface area (TPSA) is 49.3 Å². The molecule has 2 N–H and O–H groups in total. The molecule has 1 heterocycles. The first kappa shape index (κ1) is 11.7. The first-order valence-corrected chi connectivity index (χ1v) is 6.45. The van der Waals surface area contributed by atoms with Gasteiger partial charge in [0.2, 0.25) is 5.91 Å². The lowest BCUT2D eigenvalue weighted by atomic mass is 9.78. The van der Waals surface area contributed by atoms with Crippen LogP contribution in [0, 0.1) is 11.7 Å². The van der Waals surface area contributed by atoms with Gasteiger partial charge in [0, 0.05) is 17.7 Å². The number of benzene rings is 1. The van der Waals surface area contributed by atoms with Crippen molar-refractivity contribution in [2.45, 2.75) is 38.2 Å². The number of aliphatic hydroxyl groups excluding tert-OH is 1. The number of fused-ring (bicyclic) bond motifs is 1. The fraction of sp³-hybridized carbons (Fsp3) is 0.500. The smallest absolute Gasteiger partial charge is 0.224 e. The number of rotatable bonds is 2. The number of hydrogen-bond acceptors (Lipinski definition) is 2. The first-order chi connectivity index (χ1) is 8.65. The molecule has 1 unspecified atom stereocenters. The van der Waals surface area contributed by atoms with Crippen molar-refractivity contribution in [2.75, 3.05) is 5.32 Å². The number of aryl methyl sites for hydroxylation is 1. The normalized spacial score (nSPS) is 20.9. The highest BCUT2D eigenvalue weighted by atomic mass is 19.1. The number of aliphatic hydroxyl groups is 1. The van der Waals surface area contributed by atoms with Crippen LogP contribution >= 0.6 is 0 Å². The molecule has 1 saturated carbocycles. The molecule has 0 aromatic heterocycles. The second-order valence-corrected chi connectivity index (χ2v) is 5.21. The zero-order valence-electron chi connectivity index (χ0n) is 10.1. The standard InChI is InChI=1S/C14H16FNO2/c15-11-7-12-9(4-5-13(17)16-12)6-10(11)14(18)8-2-1-3-8/h6-8,14,18H,1-5H2,(H,16,17). The Bertz CT molecular complexity index is 497. The molecule has 18 heavy (non-hydrogen) atoms. The summed E-state index contributed by atoms with van der Waals surface area (Å²) in [4.78, 5) is 11.2. The molecule has 2 aliphatic rings. The van der Waals surface area contributed by atoms with Gasteiger partial charge >= 0.3 is 0 Å². The minimum absolute atomic E-state index is 0.0748. The van der Waals surface area contributed by atoms with E-state index < -0.39 is 11.9 Å². The van der Waals surface area contributed by atoms with Crippen LogP contribution in [0.4, 0.5) is 10.1 Å². The van der Waals surface area contributed by atoms with Crippen molar-refractivity contribution in [3.05, 3.63) is 29.1 Å². The van der Waals surface area contributed by atoms with Crippen LogP contribution in [0.15, 0.2) is 12.1 Å². The van der Waals surface area contributed by atoms with Crippen molar-refractivity contribution < 1.29 is 14.3 Å². The molecule has 1 aliphatic heterocycles. The van der Waals surface area contributed by atoms with E-state index in [1.807, 2.05) is 0 Å². The fourth-order valence-electron chi connectivity index (χ4n) is 2.66. The molecule has 0 bridgehead atoms. The van der Waals surface area contributed by atoms with Crippen LogP contribution in [-0.4, -0.2) is 11.0 Å². The average molecular weight is 249 g/mol. The van der Waals surface area contributed by atoms with Gasteiger partial charge < -0.3 is 10.4 Å². The van der Waals surface area contributed by atoms with E-state index in [0.717, 1.165) is 24.8 Å². The maximum atomic E-state index is 14.0. The predicted octanol–water partition coefficient (Wildman–Crippen LogP) is 2.54. The summed E-state index contributed by atoms with van der Waals surface area (Å²) in [5.74, 6) is -0.305. The number of carbonyl (C=O) groups excluding carboxylic acids is 1. The number of amides is 1. The van der Waals surface area contributed by atoms with Crippen molar-refractivity contribution in [1.29, 1.82) is 0 Å². The van der Waals surface area contributed by atoms with Crippen LogP contribution in [0.2, 0.25) is 0 Å². The summed E-state index contributed by atoms with van der Waals surface area (Å²) in [5.41, 5.74) is 1.85. The monoisotopic (exact) mass is 249 g/mol. The number of hydrogen-bond donors (Lipinski definition) is 2. The summed E-state index contributed by atoms with van der Waals surface area (Å²) in [5, 5.41) is 12.8. The lowest BCUT2D eigenvalue weighted by Crippen LogP contribution is -2.23. The van der Waals surface area contributed by atoms with Gasteiger partial charge in [-0.15, -0.1) is 0 Å². The van der Waals surface area contributed by atoms with Crippen LogP contribution < -0.4 is 5.32 Å². The Morgan fingerprint density at radius 1 is 1.33 bits per heavy atom. The van der Waals surface area contributed by atoms with Gasteiger partial charge in [-0.2, -0.15) is 0 Å². The summed E-state index contributed by atoms with van der Waals surface area (Å²) < 4.78 is 14.0. The fourth-order valence-corrected chi connectivity index (χ4v) is 2.66. The van der Waals surface area contributed by atoms with Crippen LogP contribution in [0.3, 0.4) is 0 Å². The van der Waals surface area contributed by atoms with Gasteiger partial charge in [-0.05, 0) is 42.9 Å². The molecular formula is C14H16FNO2. The van der Waals surface area contributed by atoms with Crippen molar-refractivity contribution >= 4 is 11.6 Å². The lowest BCUT2D eigenvalue weighted by Gasteiger charge is -2.31. The molecule has 1 amide bonds. The highest BCUT2D eigenvalue weighted by molar-refractivity contribution is 5.93. The van der Waals surface area contributed by atoms with Gasteiger partial charge in [0.1, 0.15) is 5.82 Å². The lowest BCUT2D eigenvalue weighted by molar-refractivity contribution is -0.116. The molecule has 0 radical (unpaired) electrons. The number of carbonyl (C=O) groups is 1. The Morgan fingerprint density at radius 3 is 2.78 bits per heavy atom. The quantitative estimate of drug-likeness (QED) is 0.846. The van der Waals surface area contributed by atoms with E-state index >= 15 is 0 Å². The Hall–Kier alpha value is -1.42. The minimum atomic E-state index is -0.707. The molecule has 1 aliphatic carbocycles. The van der Waals surface area contributed by atoms with Crippen molar-refractivity contribution in [3.8, 4) is 0 Å². The maximum Gasteiger partial charge on any atom is 0.224 e. The van der Waals surface area contributed by atoms with Gasteiger partial charge in [-0.3, -0.25) is 4.79 Å². The van der Waals surface area contributed by atoms with Crippen LogP contribution in [0.25, 0.3) is 0 Å². The van der Waals surface area contributed by atoms with E-state index in [-0.39, 0.29) is 11.8 Å². The van der Waals surface area contributed by atoms with E-state index in [4.69, 9.17) is 0 Å². The van der Waals surface area contributed by atoms with Crippen LogP contribution in [0.1, 0.15) is 42.9 Å². The highest BCUT2D eigenvalue weighted by Crippen LogP contribution is 2.39. The maximum absolute atomic E-state index is 14.0. The molecular weight excluding hydrogens is 233 g/mol. The van der Waals surface area contributed by atoms with Gasteiger partial charge in [0.25, 0.3) is 0 Å². The van der Waals surface area contributed by atoms with Gasteiger partial charge in [0.15, 0.2) is 0 Å². The first-order valence-electron chi connectivity index (χ1n) is 6.45. The largest absolute Gasteiger partial charge is 0.388 e. The zero-order chi connectivity index (χ0) is 12.7. The highest BCUT2D eigenvalue weighted by Gasteiger charge is 2.29. The molecule has 1 fully saturated rings. The van der Waals surface area contributed by atoms with Crippen molar-refractivity contribution in [2.24, 2.45) is 5.92 Å². The molecule has 0 spiro atoms. The molecule has 0 saturated heterocycles. The Morgan fingerprint density at radius 2 is 2.11 bits per heavy atom. The van der Waals surface area contributed by atoms with E-state index in [1.54, 1.807) is 6.07 Å². The minimum Gasteiger partial charge on any atom is -0.388 e. The molecule has 4 heteroatoms. The average Bonchev–Trinajstić information content (AvgIpc) is 2.25. The Labute approximate surface area is 105 Å². The molecule has 1 atom stereocenters. The van der Waals surface area contributed by atoms with E-state index in [0.29, 0.717) is 24.1 Å². The third-order valence-electron chi connectivity index (χ3n) is 4.03. The predicted molar refractivity (Wildman–Crippen MR) is 65.7 cm³/mol. The number of anilines is 1. The number of nitrogens with one attached hydrogen (secondary N) is 1. The number of halogens is 1. The third kappa shape index (κ3) is 1.90. The van der Waals surface area contributed by atoms with Gasteiger partial charge in [-0.25, -0.2) is 4.39 Å². The molecule has 1 aromatic carbocycles. The molecule has 3 rings (SSSR count). The van der Waals surface area contributed by atoms with Crippen LogP contribution in [0.5, 0.6) is 0 Å². The molecule has 3 nitrogen and oxygen atoms in total. The summed E-state index contributed by atoms with van der Waals surface area (Å²) in [6, 6.07) is 3.05. The van der Waals surface area contributed by atoms with E-state index in [1.165, 1.54) is 6.07 Å². The summed E-state index contributed by atoms with van der Waals surface area (Å²) in [7, 11) is 0. The third-order valence-corrected chi connectivity index (χ3v) is 4.03. The second kappa shape index (κ2) is 4.35. The van der Waals surface area contributed by atoms with Gasteiger partial charge in [-0.1, -0.05) is 6.42 Å². The van der Waals surface area contributed by atoms with Gasteiger partial charge in [0.05, 0.1) is 6.10 Å². The SMILES string of the molecule is O=C1CCc2cc(C(O)C3CCC3)c(F)cc2N1. The van der Waals surface area contributed by atoms with Crippen molar-refractivity contribution in [3.63, 3.8) is 0 Å².